The fourth-order valence-corrected chi connectivity index (χ4v) is 2.92. The summed E-state index contributed by atoms with van der Waals surface area (Å²) < 4.78 is 33.1. The molecule has 28 heavy (non-hydrogen) atoms. The quantitative estimate of drug-likeness (QED) is 0.832. The maximum atomic E-state index is 14.2. The van der Waals surface area contributed by atoms with Gasteiger partial charge in [-0.05, 0) is 28.7 Å². The summed E-state index contributed by atoms with van der Waals surface area (Å²) in [5, 5.41) is 3.99. The molecular weight excluding hydrogens is 366 g/mol. The van der Waals surface area contributed by atoms with Gasteiger partial charge in [-0.1, -0.05) is 50.2 Å². The molecule has 0 spiro atoms. The maximum absolute atomic E-state index is 14.2. The number of carbonyl (C=O) groups excluding carboxylic acids is 1. The van der Waals surface area contributed by atoms with E-state index >= 15 is 0 Å². The van der Waals surface area contributed by atoms with E-state index in [2.05, 4.69) is 38.1 Å². The summed E-state index contributed by atoms with van der Waals surface area (Å²) in [6.45, 7) is 6.39. The van der Waals surface area contributed by atoms with Gasteiger partial charge in [0, 0.05) is 6.42 Å². The van der Waals surface area contributed by atoms with Gasteiger partial charge in [-0.3, -0.25) is 4.79 Å². The lowest BCUT2D eigenvalue weighted by Crippen LogP contribution is -2.17. The third kappa shape index (κ3) is 4.13. The van der Waals surface area contributed by atoms with Gasteiger partial charge in [-0.15, -0.1) is 0 Å². The third-order valence-electron chi connectivity index (χ3n) is 4.57. The smallest absolute Gasteiger partial charge is 0.254 e. The minimum absolute atomic E-state index is 0.0443. The number of benzene rings is 2. The van der Waals surface area contributed by atoms with Crippen molar-refractivity contribution in [3.63, 3.8) is 0 Å². The van der Waals surface area contributed by atoms with Gasteiger partial charge in [-0.2, -0.15) is 0 Å². The Hall–Kier alpha value is -2.96. The van der Waals surface area contributed by atoms with Crippen LogP contribution in [-0.2, 0) is 10.3 Å². The molecule has 2 aromatic carbocycles. The zero-order valence-corrected chi connectivity index (χ0v) is 16.0. The summed E-state index contributed by atoms with van der Waals surface area (Å²) in [4.78, 5) is 16.6. The van der Waals surface area contributed by atoms with Crippen molar-refractivity contribution in [3.8, 4) is 5.75 Å². The molecule has 0 saturated carbocycles. The first kappa shape index (κ1) is 19.8. The van der Waals surface area contributed by atoms with Crippen LogP contribution in [0.15, 0.2) is 41.6 Å². The van der Waals surface area contributed by atoms with Gasteiger partial charge in [0.25, 0.3) is 5.91 Å². The van der Waals surface area contributed by atoms with E-state index < -0.39 is 23.1 Å². The predicted octanol–water partition coefficient (Wildman–Crippen LogP) is 4.26. The second-order valence-electron chi connectivity index (χ2n) is 7.72. The van der Waals surface area contributed by atoms with Gasteiger partial charge >= 0.3 is 0 Å². The first-order chi connectivity index (χ1) is 13.2. The highest BCUT2D eigenvalue weighted by Crippen LogP contribution is 2.30. The van der Waals surface area contributed by atoms with E-state index in [1.54, 1.807) is 0 Å². The number of nitrogens with two attached hydrogens (primary N) is 1. The first-order valence-corrected chi connectivity index (χ1v) is 8.89. The molecule has 0 aliphatic carbocycles. The van der Waals surface area contributed by atoms with Gasteiger partial charge in [0.15, 0.2) is 17.7 Å². The Balaban J connectivity index is 1.63. The Morgan fingerprint density at radius 3 is 2.50 bits per heavy atom. The predicted molar refractivity (Wildman–Crippen MR) is 101 cm³/mol. The van der Waals surface area contributed by atoms with E-state index in [-0.39, 0.29) is 23.9 Å². The lowest BCUT2D eigenvalue weighted by Gasteiger charge is -2.19. The normalized spacial score (nSPS) is 16.5. The van der Waals surface area contributed by atoms with Crippen LogP contribution in [0, 0.1) is 11.6 Å². The van der Waals surface area contributed by atoms with Crippen molar-refractivity contribution in [2.45, 2.75) is 38.7 Å². The standard InChI is InChI=1S/C21H22F2N2O3/c1-21(2,3)13-6-4-12(5-7-13)17-10-14(25-28-17)11-27-16-9-8-15(22)18(19(16)23)20(24)26/h4-9,17H,10-11H2,1-3H3,(H2,24,26). The number of hydrogen-bond donors (Lipinski definition) is 1. The van der Waals surface area contributed by atoms with Crippen LogP contribution in [0.3, 0.4) is 0 Å². The highest BCUT2D eigenvalue weighted by Gasteiger charge is 2.25. The summed E-state index contributed by atoms with van der Waals surface area (Å²) >= 11 is 0. The minimum Gasteiger partial charge on any atom is -0.484 e. The number of primary amides is 1. The van der Waals surface area contributed by atoms with Crippen LogP contribution < -0.4 is 10.5 Å². The number of ether oxygens (including phenoxy) is 1. The van der Waals surface area contributed by atoms with Crippen LogP contribution in [0.25, 0.3) is 0 Å². The minimum atomic E-state index is -1.19. The lowest BCUT2D eigenvalue weighted by atomic mass is 9.86. The highest BCUT2D eigenvalue weighted by atomic mass is 19.1. The number of amides is 1. The maximum Gasteiger partial charge on any atom is 0.254 e. The number of oxime groups is 1. The average Bonchev–Trinajstić information content (AvgIpc) is 3.09. The molecule has 0 bridgehead atoms. The largest absolute Gasteiger partial charge is 0.484 e. The average molecular weight is 388 g/mol. The fourth-order valence-electron chi connectivity index (χ4n) is 2.92. The number of rotatable bonds is 5. The molecule has 0 radical (unpaired) electrons. The summed E-state index contributed by atoms with van der Waals surface area (Å²) in [6, 6.07) is 10.2. The number of carbonyl (C=O) groups is 1. The van der Waals surface area contributed by atoms with Crippen molar-refractivity contribution in [2.24, 2.45) is 10.9 Å². The van der Waals surface area contributed by atoms with Gasteiger partial charge in [-0.25, -0.2) is 8.78 Å². The molecule has 1 aliphatic heterocycles. The Morgan fingerprint density at radius 2 is 1.89 bits per heavy atom. The zero-order valence-electron chi connectivity index (χ0n) is 16.0. The van der Waals surface area contributed by atoms with Gasteiger partial charge in [0.05, 0.1) is 5.71 Å². The SMILES string of the molecule is CC(C)(C)c1ccc(C2CC(COc3ccc(F)c(C(N)=O)c3F)=NO2)cc1. The van der Waals surface area contributed by atoms with E-state index in [9.17, 15) is 13.6 Å². The zero-order chi connectivity index (χ0) is 20.5. The molecule has 3 rings (SSSR count). The molecule has 0 fully saturated rings. The van der Waals surface area contributed by atoms with Crippen molar-refractivity contribution in [2.75, 3.05) is 6.61 Å². The van der Waals surface area contributed by atoms with Gasteiger partial charge < -0.3 is 15.3 Å². The summed E-state index contributed by atoms with van der Waals surface area (Å²) in [6.07, 6.45) is 0.243. The molecule has 7 heteroatoms. The Kier molecular flexibility index (Phi) is 5.36. The van der Waals surface area contributed by atoms with Crippen LogP contribution in [0.4, 0.5) is 8.78 Å². The molecule has 2 aromatic rings. The molecule has 0 saturated heterocycles. The second kappa shape index (κ2) is 7.58. The summed E-state index contributed by atoms with van der Waals surface area (Å²) in [5.74, 6) is -3.62. The topological polar surface area (TPSA) is 73.9 Å². The van der Waals surface area contributed by atoms with E-state index in [1.807, 2.05) is 12.1 Å². The second-order valence-corrected chi connectivity index (χ2v) is 7.72. The number of halogens is 2. The molecule has 2 N–H and O–H groups in total. The monoisotopic (exact) mass is 388 g/mol. The van der Waals surface area contributed by atoms with E-state index in [0.717, 1.165) is 17.7 Å². The van der Waals surface area contributed by atoms with Crippen molar-refractivity contribution in [3.05, 3.63) is 64.7 Å². The number of nitrogens with zero attached hydrogens (tertiary/aromatic N) is 1. The summed E-state index contributed by atoms with van der Waals surface area (Å²) in [5.41, 5.74) is 7.03. The van der Waals surface area contributed by atoms with Crippen LogP contribution in [0.2, 0.25) is 0 Å². The van der Waals surface area contributed by atoms with E-state index in [0.29, 0.717) is 12.1 Å². The van der Waals surface area contributed by atoms with Gasteiger partial charge in [0.1, 0.15) is 18.0 Å². The molecule has 1 unspecified atom stereocenters. The Morgan fingerprint density at radius 1 is 1.21 bits per heavy atom. The molecule has 1 heterocycles. The van der Waals surface area contributed by atoms with E-state index in [4.69, 9.17) is 15.3 Å². The van der Waals surface area contributed by atoms with E-state index in [1.165, 1.54) is 5.56 Å². The lowest BCUT2D eigenvalue weighted by molar-refractivity contribution is 0.0856. The molecular formula is C21H22F2N2O3. The molecule has 5 nitrogen and oxygen atoms in total. The van der Waals surface area contributed by atoms with Crippen molar-refractivity contribution in [1.29, 1.82) is 0 Å². The summed E-state index contributed by atoms with van der Waals surface area (Å²) in [7, 11) is 0. The first-order valence-electron chi connectivity index (χ1n) is 8.89. The van der Waals surface area contributed by atoms with Crippen molar-refractivity contribution >= 4 is 11.6 Å². The molecule has 1 atom stereocenters. The van der Waals surface area contributed by atoms with Gasteiger partial charge in [0.2, 0.25) is 0 Å². The molecule has 1 amide bonds. The Labute approximate surface area is 162 Å². The highest BCUT2D eigenvalue weighted by molar-refractivity contribution is 5.94. The fraction of sp³-hybridized carbons (Fsp3) is 0.333. The van der Waals surface area contributed by atoms with Crippen molar-refractivity contribution in [1.82, 2.24) is 0 Å². The number of hydrogen-bond acceptors (Lipinski definition) is 4. The van der Waals surface area contributed by atoms with Crippen LogP contribution in [0.1, 0.15) is 54.8 Å². The van der Waals surface area contributed by atoms with Crippen molar-refractivity contribution < 1.29 is 23.1 Å². The third-order valence-corrected chi connectivity index (χ3v) is 4.57. The molecule has 148 valence electrons. The van der Waals surface area contributed by atoms with Crippen LogP contribution in [0.5, 0.6) is 5.75 Å². The molecule has 0 aromatic heterocycles. The van der Waals surface area contributed by atoms with Crippen LogP contribution >= 0.6 is 0 Å². The molecule has 1 aliphatic rings. The Bertz CT molecular complexity index is 918. The van der Waals surface area contributed by atoms with Crippen LogP contribution in [-0.4, -0.2) is 18.2 Å².